The van der Waals surface area contributed by atoms with E-state index in [-0.39, 0.29) is 11.8 Å². The van der Waals surface area contributed by atoms with Crippen molar-refractivity contribution in [3.63, 3.8) is 0 Å². The van der Waals surface area contributed by atoms with Crippen molar-refractivity contribution >= 4 is 5.97 Å². The highest BCUT2D eigenvalue weighted by Crippen LogP contribution is 2.40. The molecule has 2 aromatic carbocycles. The van der Waals surface area contributed by atoms with Crippen molar-refractivity contribution in [1.29, 1.82) is 0 Å². The van der Waals surface area contributed by atoms with Gasteiger partial charge in [0.2, 0.25) is 5.89 Å². The summed E-state index contributed by atoms with van der Waals surface area (Å²) in [6.45, 7) is 8.41. The van der Waals surface area contributed by atoms with Crippen molar-refractivity contribution in [3.8, 4) is 17.2 Å². The zero-order valence-corrected chi connectivity index (χ0v) is 18.6. The molecule has 2 unspecified atom stereocenters. The highest BCUT2D eigenvalue weighted by molar-refractivity contribution is 5.71. The Kier molecular flexibility index (Phi) is 5.86. The summed E-state index contributed by atoms with van der Waals surface area (Å²) in [7, 11) is 0. The second kappa shape index (κ2) is 8.58. The maximum absolute atomic E-state index is 11.4. The zero-order chi connectivity index (χ0) is 22.1. The smallest absolute Gasteiger partial charge is 0.306 e. The van der Waals surface area contributed by atoms with Crippen LogP contribution in [0.2, 0.25) is 0 Å². The van der Waals surface area contributed by atoms with Crippen LogP contribution in [0, 0.1) is 26.7 Å². The Balaban J connectivity index is 1.40. The molecule has 0 spiro atoms. The first-order valence-electron chi connectivity index (χ1n) is 10.9. The van der Waals surface area contributed by atoms with Gasteiger partial charge in [0.25, 0.3) is 0 Å². The SMILES string of the molecule is Cc1ccc(-c2nc(CCOc3ccc4c(c3)CCC4C(C)C(=O)O)c(C)o2)cc1C. The Bertz CT molecular complexity index is 1110. The van der Waals surface area contributed by atoms with E-state index in [0.29, 0.717) is 18.9 Å². The first-order valence-corrected chi connectivity index (χ1v) is 10.9. The van der Waals surface area contributed by atoms with Crippen molar-refractivity contribution in [2.24, 2.45) is 5.92 Å². The molecule has 2 atom stereocenters. The van der Waals surface area contributed by atoms with Crippen molar-refractivity contribution in [2.75, 3.05) is 6.61 Å². The molecular weight excluding hydrogens is 390 g/mol. The van der Waals surface area contributed by atoms with E-state index in [2.05, 4.69) is 37.0 Å². The van der Waals surface area contributed by atoms with E-state index in [1.54, 1.807) is 6.92 Å². The standard InChI is InChI=1S/C26H29NO4/c1-15-5-6-20(13-16(15)2)25-27-24(18(4)31-25)11-12-30-21-8-10-23-19(14-21)7-9-22(23)17(3)26(28)29/h5-6,8,10,13-14,17,22H,7,9,11-12H2,1-4H3,(H,28,29). The number of oxazole rings is 1. The van der Waals surface area contributed by atoms with Crippen LogP contribution in [0.4, 0.5) is 0 Å². The molecule has 1 aromatic heterocycles. The Morgan fingerprint density at radius 2 is 2.00 bits per heavy atom. The minimum absolute atomic E-state index is 0.0863. The van der Waals surface area contributed by atoms with Crippen LogP contribution >= 0.6 is 0 Å². The minimum Gasteiger partial charge on any atom is -0.493 e. The first-order chi connectivity index (χ1) is 14.8. The van der Waals surface area contributed by atoms with Crippen molar-refractivity contribution < 1.29 is 19.1 Å². The number of hydrogen-bond acceptors (Lipinski definition) is 4. The van der Waals surface area contributed by atoms with Crippen LogP contribution in [0.1, 0.15) is 53.0 Å². The number of nitrogens with zero attached hydrogens (tertiary/aromatic N) is 1. The summed E-state index contributed by atoms with van der Waals surface area (Å²) in [6, 6.07) is 12.3. The topological polar surface area (TPSA) is 72.6 Å². The maximum Gasteiger partial charge on any atom is 0.306 e. The average Bonchev–Trinajstić information content (AvgIpc) is 3.32. The number of carboxylic acid groups (broad SMARTS) is 1. The Morgan fingerprint density at radius 1 is 1.19 bits per heavy atom. The van der Waals surface area contributed by atoms with Crippen LogP contribution in [0.25, 0.3) is 11.5 Å². The molecule has 5 nitrogen and oxygen atoms in total. The third-order valence-electron chi connectivity index (χ3n) is 6.49. The normalized spacial score (nSPS) is 16.2. The predicted molar refractivity (Wildman–Crippen MR) is 120 cm³/mol. The third kappa shape index (κ3) is 4.36. The number of aromatic nitrogens is 1. The van der Waals surface area contributed by atoms with E-state index in [1.165, 1.54) is 16.7 Å². The van der Waals surface area contributed by atoms with Crippen LogP contribution in [0.15, 0.2) is 40.8 Å². The largest absolute Gasteiger partial charge is 0.493 e. The van der Waals surface area contributed by atoms with Crippen LogP contribution in [0.5, 0.6) is 5.75 Å². The van der Waals surface area contributed by atoms with Gasteiger partial charge in [-0.15, -0.1) is 0 Å². The lowest BCUT2D eigenvalue weighted by Crippen LogP contribution is -2.17. The molecule has 0 fully saturated rings. The zero-order valence-electron chi connectivity index (χ0n) is 18.6. The molecule has 1 aliphatic rings. The summed E-state index contributed by atoms with van der Waals surface area (Å²) in [4.78, 5) is 16.0. The molecule has 4 rings (SSSR count). The molecule has 0 saturated heterocycles. The molecule has 1 heterocycles. The molecule has 3 aromatic rings. The second-order valence-corrected chi connectivity index (χ2v) is 8.55. The fraction of sp³-hybridized carbons (Fsp3) is 0.385. The van der Waals surface area contributed by atoms with Gasteiger partial charge in [-0.3, -0.25) is 4.79 Å². The van der Waals surface area contributed by atoms with Gasteiger partial charge in [0.1, 0.15) is 11.5 Å². The maximum atomic E-state index is 11.4. The number of fused-ring (bicyclic) bond motifs is 1. The lowest BCUT2D eigenvalue weighted by molar-refractivity contribution is -0.141. The number of aryl methyl sites for hydroxylation is 4. The van der Waals surface area contributed by atoms with Gasteiger partial charge < -0.3 is 14.3 Å². The van der Waals surface area contributed by atoms with Crippen LogP contribution in [-0.4, -0.2) is 22.7 Å². The van der Waals surface area contributed by atoms with Gasteiger partial charge in [0.05, 0.1) is 18.2 Å². The van der Waals surface area contributed by atoms with Gasteiger partial charge in [0.15, 0.2) is 0 Å². The van der Waals surface area contributed by atoms with Gasteiger partial charge in [-0.05, 0) is 86.1 Å². The molecular formula is C26H29NO4. The molecule has 0 amide bonds. The monoisotopic (exact) mass is 419 g/mol. The number of rotatable bonds is 7. The molecule has 1 aliphatic carbocycles. The van der Waals surface area contributed by atoms with Gasteiger partial charge in [-0.1, -0.05) is 19.1 Å². The van der Waals surface area contributed by atoms with Gasteiger partial charge in [-0.25, -0.2) is 4.98 Å². The molecule has 1 N–H and O–H groups in total. The number of aliphatic carboxylic acids is 1. The number of ether oxygens (including phenoxy) is 1. The summed E-state index contributed by atoms with van der Waals surface area (Å²) in [5, 5.41) is 9.33. The van der Waals surface area contributed by atoms with E-state index in [0.717, 1.165) is 41.2 Å². The van der Waals surface area contributed by atoms with Gasteiger partial charge >= 0.3 is 5.97 Å². The predicted octanol–water partition coefficient (Wildman–Crippen LogP) is 5.64. The van der Waals surface area contributed by atoms with E-state index in [4.69, 9.17) is 9.15 Å². The molecule has 162 valence electrons. The third-order valence-corrected chi connectivity index (χ3v) is 6.49. The molecule has 5 heteroatoms. The lowest BCUT2D eigenvalue weighted by Gasteiger charge is -2.16. The van der Waals surface area contributed by atoms with Gasteiger partial charge in [-0.2, -0.15) is 0 Å². The Morgan fingerprint density at radius 3 is 2.74 bits per heavy atom. The van der Waals surface area contributed by atoms with Crippen molar-refractivity contribution in [1.82, 2.24) is 4.98 Å². The Labute approximate surface area is 183 Å². The number of carboxylic acids is 1. The number of hydrogen-bond donors (Lipinski definition) is 1. The summed E-state index contributed by atoms with van der Waals surface area (Å²) in [5.74, 6) is 1.26. The molecule has 0 aliphatic heterocycles. The van der Waals surface area contributed by atoms with Crippen LogP contribution in [0.3, 0.4) is 0 Å². The van der Waals surface area contributed by atoms with E-state index >= 15 is 0 Å². The quantitative estimate of drug-likeness (QED) is 0.537. The second-order valence-electron chi connectivity index (χ2n) is 8.55. The summed E-state index contributed by atoms with van der Waals surface area (Å²) >= 11 is 0. The van der Waals surface area contributed by atoms with Crippen LogP contribution < -0.4 is 4.74 Å². The molecule has 0 saturated carbocycles. The first kappa shape index (κ1) is 21.2. The minimum atomic E-state index is -0.735. The summed E-state index contributed by atoms with van der Waals surface area (Å²) in [5.41, 5.74) is 6.71. The molecule has 31 heavy (non-hydrogen) atoms. The van der Waals surface area contributed by atoms with Crippen molar-refractivity contribution in [3.05, 3.63) is 70.1 Å². The molecule has 0 radical (unpaired) electrons. The highest BCUT2D eigenvalue weighted by atomic mass is 16.5. The number of carbonyl (C=O) groups is 1. The fourth-order valence-corrected chi connectivity index (χ4v) is 4.33. The van der Waals surface area contributed by atoms with Crippen LogP contribution in [-0.2, 0) is 17.6 Å². The fourth-order valence-electron chi connectivity index (χ4n) is 4.33. The highest BCUT2D eigenvalue weighted by Gasteiger charge is 2.31. The average molecular weight is 420 g/mol. The van der Waals surface area contributed by atoms with E-state index < -0.39 is 5.97 Å². The Hall–Kier alpha value is -3.08. The summed E-state index contributed by atoms with van der Waals surface area (Å²) in [6.07, 6.45) is 2.44. The number of benzene rings is 2. The summed E-state index contributed by atoms with van der Waals surface area (Å²) < 4.78 is 11.9. The van der Waals surface area contributed by atoms with E-state index in [1.807, 2.05) is 25.1 Å². The van der Waals surface area contributed by atoms with Crippen molar-refractivity contribution in [2.45, 2.75) is 52.9 Å². The van der Waals surface area contributed by atoms with Gasteiger partial charge in [0, 0.05) is 12.0 Å². The molecule has 0 bridgehead atoms. The lowest BCUT2D eigenvalue weighted by atomic mass is 9.89. The van der Waals surface area contributed by atoms with E-state index in [9.17, 15) is 9.90 Å².